The second kappa shape index (κ2) is 8.41. The zero-order chi connectivity index (χ0) is 19.2. The molecule has 0 saturated carbocycles. The molecule has 27 heavy (non-hydrogen) atoms. The lowest BCUT2D eigenvalue weighted by Crippen LogP contribution is -2.30. The van der Waals surface area contributed by atoms with Crippen LogP contribution in [-0.2, 0) is 16.1 Å². The first-order chi connectivity index (χ1) is 13.1. The number of ether oxygens (including phenoxy) is 2. The molecule has 0 aliphatic carbocycles. The first-order valence-corrected chi connectivity index (χ1v) is 8.36. The number of likely N-dealkylation sites (N-methyl/N-ethyl adjacent to an activating group) is 1. The van der Waals surface area contributed by atoms with Gasteiger partial charge in [-0.2, -0.15) is 0 Å². The van der Waals surface area contributed by atoms with E-state index in [0.29, 0.717) is 17.4 Å². The number of methoxy groups -OCH3 is 2. The molecule has 8 heteroatoms. The quantitative estimate of drug-likeness (QED) is 0.635. The summed E-state index contributed by atoms with van der Waals surface area (Å²) in [6.07, 6.45) is 3.40. The monoisotopic (exact) mass is 367 g/mol. The molecule has 0 atom stereocenters. The fraction of sp³-hybridized carbons (Fsp3) is 0.263. The molecule has 0 aliphatic heterocycles. The SMILES string of the molecule is COCC(=O)N(C)Cc1nc(-c2cccnc2)nn1-c1cccc(OC)c1. The van der Waals surface area contributed by atoms with Crippen LogP contribution in [0.1, 0.15) is 5.82 Å². The van der Waals surface area contributed by atoms with Gasteiger partial charge in [0.15, 0.2) is 11.6 Å². The highest BCUT2D eigenvalue weighted by molar-refractivity contribution is 5.77. The Morgan fingerprint density at radius 1 is 1.22 bits per heavy atom. The summed E-state index contributed by atoms with van der Waals surface area (Å²) < 4.78 is 11.9. The summed E-state index contributed by atoms with van der Waals surface area (Å²) in [6.45, 7) is 0.298. The highest BCUT2D eigenvalue weighted by Gasteiger charge is 2.18. The van der Waals surface area contributed by atoms with Gasteiger partial charge in [0.05, 0.1) is 19.3 Å². The van der Waals surface area contributed by atoms with Crippen LogP contribution in [0.15, 0.2) is 48.8 Å². The Morgan fingerprint density at radius 3 is 2.78 bits per heavy atom. The Labute approximate surface area is 157 Å². The van der Waals surface area contributed by atoms with Gasteiger partial charge < -0.3 is 14.4 Å². The van der Waals surface area contributed by atoms with Crippen molar-refractivity contribution in [2.75, 3.05) is 27.9 Å². The first kappa shape index (κ1) is 18.5. The van der Waals surface area contributed by atoms with Gasteiger partial charge >= 0.3 is 0 Å². The van der Waals surface area contributed by atoms with E-state index in [1.54, 1.807) is 36.1 Å². The summed E-state index contributed by atoms with van der Waals surface area (Å²) in [5.74, 6) is 1.73. The van der Waals surface area contributed by atoms with Crippen molar-refractivity contribution in [3.05, 3.63) is 54.6 Å². The van der Waals surface area contributed by atoms with Crippen molar-refractivity contribution in [2.45, 2.75) is 6.54 Å². The van der Waals surface area contributed by atoms with E-state index in [9.17, 15) is 4.79 Å². The Bertz CT molecular complexity index is 911. The lowest BCUT2D eigenvalue weighted by Gasteiger charge is -2.16. The lowest BCUT2D eigenvalue weighted by atomic mass is 10.3. The summed E-state index contributed by atoms with van der Waals surface area (Å²) in [6, 6.07) is 11.2. The fourth-order valence-corrected chi connectivity index (χ4v) is 2.55. The zero-order valence-corrected chi connectivity index (χ0v) is 15.5. The predicted octanol–water partition coefficient (Wildman–Crippen LogP) is 1.94. The van der Waals surface area contributed by atoms with Gasteiger partial charge in [0, 0.05) is 38.2 Å². The van der Waals surface area contributed by atoms with Crippen LogP contribution < -0.4 is 4.74 Å². The maximum absolute atomic E-state index is 12.1. The van der Waals surface area contributed by atoms with Crippen LogP contribution in [0, 0.1) is 0 Å². The molecule has 0 saturated heterocycles. The summed E-state index contributed by atoms with van der Waals surface area (Å²) in [5.41, 5.74) is 1.59. The van der Waals surface area contributed by atoms with E-state index < -0.39 is 0 Å². The number of hydrogen-bond acceptors (Lipinski definition) is 6. The first-order valence-electron chi connectivity index (χ1n) is 8.36. The number of carbonyl (C=O) groups excluding carboxylic acids is 1. The molecule has 0 fully saturated rings. The van der Waals surface area contributed by atoms with E-state index >= 15 is 0 Å². The minimum Gasteiger partial charge on any atom is -0.497 e. The molecule has 0 N–H and O–H groups in total. The van der Waals surface area contributed by atoms with E-state index in [2.05, 4.69) is 15.1 Å². The number of nitrogens with zero attached hydrogens (tertiary/aromatic N) is 5. The van der Waals surface area contributed by atoms with Crippen LogP contribution in [0.5, 0.6) is 5.75 Å². The minimum absolute atomic E-state index is 0.0132. The van der Waals surface area contributed by atoms with E-state index in [1.807, 2.05) is 36.4 Å². The van der Waals surface area contributed by atoms with Gasteiger partial charge in [0.2, 0.25) is 5.91 Å². The highest BCUT2D eigenvalue weighted by Crippen LogP contribution is 2.21. The average molecular weight is 367 g/mol. The molecule has 2 heterocycles. The number of hydrogen-bond donors (Lipinski definition) is 0. The average Bonchev–Trinajstić information content (AvgIpc) is 3.12. The Hall–Kier alpha value is -3.26. The molecule has 1 amide bonds. The molecule has 0 bridgehead atoms. The van der Waals surface area contributed by atoms with Crippen molar-refractivity contribution >= 4 is 5.91 Å². The molecule has 0 radical (unpaired) electrons. The molecule has 140 valence electrons. The van der Waals surface area contributed by atoms with E-state index in [4.69, 9.17) is 9.47 Å². The molecule has 0 unspecified atom stereocenters. The van der Waals surface area contributed by atoms with Gasteiger partial charge in [-0.3, -0.25) is 9.78 Å². The predicted molar refractivity (Wildman–Crippen MR) is 99.5 cm³/mol. The number of pyridine rings is 1. The number of aromatic nitrogens is 4. The highest BCUT2D eigenvalue weighted by atomic mass is 16.5. The minimum atomic E-state index is -0.138. The van der Waals surface area contributed by atoms with Gasteiger partial charge in [-0.25, -0.2) is 9.67 Å². The zero-order valence-electron chi connectivity index (χ0n) is 15.5. The van der Waals surface area contributed by atoms with Crippen LogP contribution in [0.25, 0.3) is 17.1 Å². The van der Waals surface area contributed by atoms with Gasteiger partial charge in [-0.1, -0.05) is 6.07 Å². The van der Waals surface area contributed by atoms with Crippen LogP contribution in [0.4, 0.5) is 0 Å². The Balaban J connectivity index is 2.01. The largest absolute Gasteiger partial charge is 0.497 e. The molecule has 0 spiro atoms. The summed E-state index contributed by atoms with van der Waals surface area (Å²) in [4.78, 5) is 22.4. The van der Waals surface area contributed by atoms with Gasteiger partial charge in [0.1, 0.15) is 12.4 Å². The van der Waals surface area contributed by atoms with Gasteiger partial charge in [-0.05, 0) is 24.3 Å². The third-order valence-corrected chi connectivity index (χ3v) is 3.96. The van der Waals surface area contributed by atoms with Crippen molar-refractivity contribution < 1.29 is 14.3 Å². The molecule has 3 rings (SSSR count). The van der Waals surface area contributed by atoms with Gasteiger partial charge in [-0.15, -0.1) is 5.10 Å². The number of rotatable bonds is 7. The van der Waals surface area contributed by atoms with E-state index in [0.717, 1.165) is 11.3 Å². The van der Waals surface area contributed by atoms with Crippen molar-refractivity contribution in [1.82, 2.24) is 24.6 Å². The maximum atomic E-state index is 12.1. The smallest absolute Gasteiger partial charge is 0.248 e. The van der Waals surface area contributed by atoms with E-state index in [-0.39, 0.29) is 19.1 Å². The molecule has 8 nitrogen and oxygen atoms in total. The fourth-order valence-electron chi connectivity index (χ4n) is 2.55. The lowest BCUT2D eigenvalue weighted by molar-refractivity contribution is -0.134. The normalized spacial score (nSPS) is 10.6. The van der Waals surface area contributed by atoms with Crippen LogP contribution in [0.3, 0.4) is 0 Å². The molecule has 0 aliphatic rings. The number of amides is 1. The second-order valence-electron chi connectivity index (χ2n) is 5.89. The Kier molecular flexibility index (Phi) is 5.77. The van der Waals surface area contributed by atoms with Crippen LogP contribution in [0.2, 0.25) is 0 Å². The molecular formula is C19H21N5O3. The van der Waals surface area contributed by atoms with Crippen molar-refractivity contribution in [3.8, 4) is 22.8 Å². The van der Waals surface area contributed by atoms with Crippen LogP contribution in [-0.4, -0.2) is 58.4 Å². The molecule has 2 aromatic heterocycles. The number of benzene rings is 1. The van der Waals surface area contributed by atoms with Crippen molar-refractivity contribution in [2.24, 2.45) is 0 Å². The van der Waals surface area contributed by atoms with Crippen molar-refractivity contribution in [3.63, 3.8) is 0 Å². The van der Waals surface area contributed by atoms with Gasteiger partial charge in [0.25, 0.3) is 0 Å². The third kappa shape index (κ3) is 4.29. The summed E-state index contributed by atoms with van der Waals surface area (Å²) in [5, 5.41) is 4.63. The standard InChI is InChI=1S/C19H21N5O3/c1-23(18(25)13-26-2)12-17-21-19(14-6-5-9-20-11-14)22-24(17)15-7-4-8-16(10-15)27-3/h4-11H,12-13H2,1-3H3. The molecular weight excluding hydrogens is 346 g/mol. The summed E-state index contributed by atoms with van der Waals surface area (Å²) in [7, 11) is 4.81. The maximum Gasteiger partial charge on any atom is 0.248 e. The topological polar surface area (TPSA) is 82.4 Å². The van der Waals surface area contributed by atoms with Crippen molar-refractivity contribution in [1.29, 1.82) is 0 Å². The number of carbonyl (C=O) groups is 1. The van der Waals surface area contributed by atoms with E-state index in [1.165, 1.54) is 7.11 Å². The summed E-state index contributed by atoms with van der Waals surface area (Å²) >= 11 is 0. The third-order valence-electron chi connectivity index (χ3n) is 3.96. The second-order valence-corrected chi connectivity index (χ2v) is 5.89. The molecule has 1 aromatic carbocycles. The van der Waals surface area contributed by atoms with Crippen LogP contribution >= 0.6 is 0 Å². The molecule has 3 aromatic rings. The Morgan fingerprint density at radius 2 is 2.07 bits per heavy atom.